The van der Waals surface area contributed by atoms with Crippen LogP contribution in [0.4, 0.5) is 30.7 Å². The quantitative estimate of drug-likeness (QED) is 0.320. The van der Waals surface area contributed by atoms with Crippen LogP contribution < -0.4 is 10.6 Å². The Kier molecular flexibility index (Phi) is 11.5. The Morgan fingerprint density at radius 2 is 1.63 bits per heavy atom. The molecule has 0 aliphatic carbocycles. The SMILES string of the molecule is Cc1ccc(/C=C/C(c2cc(Cl)cc(Cl)c2)C(F)(F)F)cc1F.O=CNCC(=O)NCC(F)(F)F. The number of amides is 2. The highest BCUT2D eigenvalue weighted by molar-refractivity contribution is 6.34. The lowest BCUT2D eigenvalue weighted by atomic mass is 9.97. The lowest BCUT2D eigenvalue weighted by Gasteiger charge is -2.18. The third-order valence-corrected chi connectivity index (χ3v) is 4.54. The van der Waals surface area contributed by atoms with Gasteiger partial charge in [0.15, 0.2) is 0 Å². The Bertz CT molecular complexity index is 1020. The summed E-state index contributed by atoms with van der Waals surface area (Å²) in [5.41, 5.74) is 0.699. The fourth-order valence-electron chi connectivity index (χ4n) is 2.48. The number of rotatable bonds is 7. The number of hydrogen-bond donors (Lipinski definition) is 2. The van der Waals surface area contributed by atoms with Crippen molar-refractivity contribution in [2.75, 3.05) is 13.1 Å². The molecule has 0 radical (unpaired) electrons. The number of benzene rings is 2. The molecule has 0 aliphatic rings. The molecule has 2 aromatic carbocycles. The molecule has 192 valence electrons. The minimum Gasteiger partial charge on any atom is -0.350 e. The monoisotopic (exact) mass is 546 g/mol. The van der Waals surface area contributed by atoms with E-state index in [1.165, 1.54) is 36.4 Å². The van der Waals surface area contributed by atoms with Crippen LogP contribution in [-0.4, -0.2) is 37.8 Å². The van der Waals surface area contributed by atoms with Crippen LogP contribution in [-0.2, 0) is 9.59 Å². The molecule has 1 atom stereocenters. The van der Waals surface area contributed by atoms with Crippen molar-refractivity contribution in [1.29, 1.82) is 0 Å². The van der Waals surface area contributed by atoms with Crippen molar-refractivity contribution in [3.05, 3.63) is 75.0 Å². The second-order valence-corrected chi connectivity index (χ2v) is 7.85. The van der Waals surface area contributed by atoms with Gasteiger partial charge in [0.25, 0.3) is 0 Å². The number of allylic oxidation sites excluding steroid dienone is 1. The van der Waals surface area contributed by atoms with Gasteiger partial charge in [-0.2, -0.15) is 26.3 Å². The zero-order valence-electron chi connectivity index (χ0n) is 17.9. The summed E-state index contributed by atoms with van der Waals surface area (Å²) < 4.78 is 87.7. The molecule has 0 saturated carbocycles. The Morgan fingerprint density at radius 3 is 2.11 bits per heavy atom. The van der Waals surface area contributed by atoms with Crippen LogP contribution in [0, 0.1) is 12.7 Å². The average molecular weight is 547 g/mol. The highest BCUT2D eigenvalue weighted by Crippen LogP contribution is 2.38. The number of nitrogens with one attached hydrogen (secondary N) is 2. The van der Waals surface area contributed by atoms with Gasteiger partial charge in [-0.1, -0.05) is 47.5 Å². The summed E-state index contributed by atoms with van der Waals surface area (Å²) in [6.45, 7) is -0.249. The van der Waals surface area contributed by atoms with Crippen molar-refractivity contribution in [3.8, 4) is 0 Å². The summed E-state index contributed by atoms with van der Waals surface area (Å²) in [5, 5.41) is 3.74. The first kappa shape index (κ1) is 30.2. The van der Waals surface area contributed by atoms with Crippen LogP contribution in [0.25, 0.3) is 6.08 Å². The summed E-state index contributed by atoms with van der Waals surface area (Å²) in [6, 6.07) is 8.03. The molecule has 0 bridgehead atoms. The van der Waals surface area contributed by atoms with Crippen LogP contribution in [0.3, 0.4) is 0 Å². The normalized spacial score (nSPS) is 12.5. The van der Waals surface area contributed by atoms with E-state index in [9.17, 15) is 40.3 Å². The van der Waals surface area contributed by atoms with E-state index in [0.717, 1.165) is 6.08 Å². The lowest BCUT2D eigenvalue weighted by molar-refractivity contribution is -0.139. The molecule has 0 spiro atoms. The Morgan fingerprint density at radius 1 is 1.03 bits per heavy atom. The second-order valence-electron chi connectivity index (χ2n) is 6.98. The van der Waals surface area contributed by atoms with Gasteiger partial charge in [0, 0.05) is 10.0 Å². The molecule has 2 rings (SSSR count). The molecule has 4 nitrogen and oxygen atoms in total. The van der Waals surface area contributed by atoms with Gasteiger partial charge in [-0.15, -0.1) is 0 Å². The first-order valence-electron chi connectivity index (χ1n) is 9.60. The largest absolute Gasteiger partial charge is 0.405 e. The summed E-state index contributed by atoms with van der Waals surface area (Å²) in [6.07, 6.45) is -6.51. The van der Waals surface area contributed by atoms with Crippen LogP contribution in [0.5, 0.6) is 0 Å². The topological polar surface area (TPSA) is 58.2 Å². The van der Waals surface area contributed by atoms with Gasteiger partial charge in [-0.25, -0.2) is 4.39 Å². The number of aryl methyl sites for hydroxylation is 1. The van der Waals surface area contributed by atoms with Gasteiger partial charge in [0.2, 0.25) is 12.3 Å². The molecule has 1 unspecified atom stereocenters. The molecule has 35 heavy (non-hydrogen) atoms. The molecular formula is C22H19Cl2F7N2O2. The Hall–Kier alpha value is -2.79. The van der Waals surface area contributed by atoms with Gasteiger partial charge >= 0.3 is 12.4 Å². The first-order chi connectivity index (χ1) is 16.1. The van der Waals surface area contributed by atoms with Crippen LogP contribution in [0.1, 0.15) is 22.6 Å². The third kappa shape index (κ3) is 11.9. The number of carbonyl (C=O) groups is 2. The van der Waals surface area contributed by atoms with Crippen molar-refractivity contribution < 1.29 is 40.3 Å². The summed E-state index contributed by atoms with van der Waals surface area (Å²) in [7, 11) is 0. The van der Waals surface area contributed by atoms with Gasteiger partial charge < -0.3 is 10.6 Å². The van der Waals surface area contributed by atoms with Crippen molar-refractivity contribution in [2.45, 2.75) is 25.2 Å². The highest BCUT2D eigenvalue weighted by Gasteiger charge is 2.39. The molecule has 2 N–H and O–H groups in total. The maximum Gasteiger partial charge on any atom is 0.405 e. The molecule has 0 aromatic heterocycles. The van der Waals surface area contributed by atoms with Crippen molar-refractivity contribution in [3.63, 3.8) is 0 Å². The highest BCUT2D eigenvalue weighted by atomic mass is 35.5. The fourth-order valence-corrected chi connectivity index (χ4v) is 3.02. The summed E-state index contributed by atoms with van der Waals surface area (Å²) in [4.78, 5) is 20.0. The third-order valence-electron chi connectivity index (χ3n) is 4.11. The van der Waals surface area contributed by atoms with Crippen LogP contribution in [0.2, 0.25) is 10.0 Å². The predicted molar refractivity (Wildman–Crippen MR) is 119 cm³/mol. The van der Waals surface area contributed by atoms with Gasteiger partial charge in [-0.05, 0) is 47.9 Å². The molecule has 2 aromatic rings. The van der Waals surface area contributed by atoms with Crippen molar-refractivity contribution >= 4 is 41.6 Å². The van der Waals surface area contributed by atoms with Crippen molar-refractivity contribution in [1.82, 2.24) is 10.6 Å². The van der Waals surface area contributed by atoms with Gasteiger partial charge in [0.05, 0.1) is 12.5 Å². The standard InChI is InChI=1S/C17H12Cl2F4.C5H7F3N2O2/c1-10-2-3-11(6-16(10)20)4-5-15(17(21,22)23)12-7-13(18)9-14(19)8-12;6-5(7,8)2-10-4(12)1-9-3-11/h2-9,15H,1H3;3H,1-2H2,(H,9,11)(H,10,12)/b5-4+;. The average Bonchev–Trinajstić information content (AvgIpc) is 2.71. The maximum absolute atomic E-state index is 13.5. The van der Waals surface area contributed by atoms with Gasteiger partial charge in [0.1, 0.15) is 12.4 Å². The van der Waals surface area contributed by atoms with E-state index in [1.54, 1.807) is 18.3 Å². The molecule has 0 saturated heterocycles. The van der Waals surface area contributed by atoms with E-state index >= 15 is 0 Å². The van der Waals surface area contributed by atoms with Gasteiger partial charge in [-0.3, -0.25) is 9.59 Å². The van der Waals surface area contributed by atoms with E-state index in [-0.39, 0.29) is 22.0 Å². The predicted octanol–water partition coefficient (Wildman–Crippen LogP) is 6.21. The smallest absolute Gasteiger partial charge is 0.350 e. The zero-order chi connectivity index (χ0) is 26.8. The summed E-state index contributed by atoms with van der Waals surface area (Å²) >= 11 is 11.5. The number of hydrogen-bond acceptors (Lipinski definition) is 2. The minimum absolute atomic E-state index is 0.0705. The van der Waals surface area contributed by atoms with E-state index < -0.39 is 43.1 Å². The van der Waals surface area contributed by atoms with E-state index in [4.69, 9.17) is 23.2 Å². The zero-order valence-corrected chi connectivity index (χ0v) is 19.4. The van der Waals surface area contributed by atoms with Crippen LogP contribution in [0.15, 0.2) is 42.5 Å². The first-order valence-corrected chi connectivity index (χ1v) is 10.4. The number of halogens is 9. The maximum atomic E-state index is 13.5. The number of alkyl halides is 6. The lowest BCUT2D eigenvalue weighted by Crippen LogP contribution is -2.38. The molecule has 2 amide bonds. The molecule has 0 fully saturated rings. The second kappa shape index (κ2) is 13.3. The molecule has 0 heterocycles. The Balaban J connectivity index is 0.000000434. The fraction of sp³-hybridized carbons (Fsp3) is 0.273. The number of carbonyl (C=O) groups excluding carboxylic acids is 2. The molecule has 0 aliphatic heterocycles. The molecule has 13 heteroatoms. The van der Waals surface area contributed by atoms with E-state index in [1.807, 2.05) is 5.32 Å². The molecular weight excluding hydrogens is 528 g/mol. The summed E-state index contributed by atoms with van der Waals surface area (Å²) in [5.74, 6) is -3.23. The van der Waals surface area contributed by atoms with Crippen molar-refractivity contribution in [2.24, 2.45) is 0 Å². The van der Waals surface area contributed by atoms with Crippen LogP contribution >= 0.6 is 23.2 Å². The minimum atomic E-state index is -4.52. The Labute approximate surface area is 206 Å². The van der Waals surface area contributed by atoms with E-state index in [0.29, 0.717) is 11.1 Å². The van der Waals surface area contributed by atoms with E-state index in [2.05, 4.69) is 0 Å².